The van der Waals surface area contributed by atoms with Gasteiger partial charge in [-0.05, 0) is 12.1 Å². The highest BCUT2D eigenvalue weighted by atomic mass is 35.5. The number of aromatic nitrogens is 2. The molecule has 2 aliphatic heterocycles. The van der Waals surface area contributed by atoms with E-state index >= 15 is 0 Å². The number of ether oxygens (including phenoxy) is 1. The molecule has 11 heteroatoms. The Bertz CT molecular complexity index is 1620. The summed E-state index contributed by atoms with van der Waals surface area (Å²) in [6, 6.07) is 17.1. The molecule has 4 aromatic rings. The molecule has 2 fully saturated rings. The number of benzene rings is 2. The zero-order valence-corrected chi connectivity index (χ0v) is 25.7. The molecule has 2 N–H and O–H groups in total. The fourth-order valence-electron chi connectivity index (χ4n) is 5.39. The van der Waals surface area contributed by atoms with Gasteiger partial charge in [-0.25, -0.2) is 9.97 Å². The van der Waals surface area contributed by atoms with Gasteiger partial charge in [-0.15, -0.1) is 0 Å². The Morgan fingerprint density at radius 3 is 1.83 bits per heavy atom. The van der Waals surface area contributed by atoms with Crippen molar-refractivity contribution < 1.29 is 14.9 Å². The number of rotatable bonds is 8. The van der Waals surface area contributed by atoms with E-state index in [1.54, 1.807) is 13.2 Å². The Labute approximate surface area is 264 Å². The Hall–Kier alpha value is -2.46. The predicted molar refractivity (Wildman–Crippen MR) is 167 cm³/mol. The summed E-state index contributed by atoms with van der Waals surface area (Å²) in [5.74, 6) is 0.518. The monoisotopic (exact) mass is 644 g/mol. The maximum atomic E-state index is 9.61. The van der Waals surface area contributed by atoms with Crippen LogP contribution in [0.2, 0.25) is 20.2 Å². The fraction of sp³-hybridized carbons (Fsp3) is 0.290. The normalized spacial score (nSPS) is 16.4. The lowest BCUT2D eigenvalue weighted by Crippen LogP contribution is -2.49. The standard InChI is InChI=1S/C31H28Cl4N4O3/c1-42-31-17(11-38-12-18(40)13-38)8-9-26(37-31)22-6-2-4-20(28(22)33)21-5-3-7-23(29(21)34)27-10-25(32)24(30(35)36-27)16-39-14-19(41)15-39/h2-10,18-19,40-41H,11-16H2,1H3. The van der Waals surface area contributed by atoms with E-state index in [9.17, 15) is 10.2 Å². The zero-order chi connectivity index (χ0) is 29.5. The van der Waals surface area contributed by atoms with Crippen LogP contribution in [0.4, 0.5) is 0 Å². The van der Waals surface area contributed by atoms with Crippen LogP contribution in [-0.2, 0) is 13.1 Å². The highest BCUT2D eigenvalue weighted by Gasteiger charge is 2.27. The molecule has 7 nitrogen and oxygen atoms in total. The van der Waals surface area contributed by atoms with Crippen LogP contribution in [0.5, 0.6) is 5.88 Å². The molecule has 4 heterocycles. The minimum Gasteiger partial charge on any atom is -0.481 e. The molecule has 2 saturated heterocycles. The van der Waals surface area contributed by atoms with E-state index in [4.69, 9.17) is 56.1 Å². The van der Waals surface area contributed by atoms with Crippen molar-refractivity contribution in [2.24, 2.45) is 0 Å². The second kappa shape index (κ2) is 12.3. The lowest BCUT2D eigenvalue weighted by molar-refractivity contribution is -0.00338. The van der Waals surface area contributed by atoms with Crippen LogP contribution < -0.4 is 4.74 Å². The van der Waals surface area contributed by atoms with Gasteiger partial charge in [-0.2, -0.15) is 0 Å². The van der Waals surface area contributed by atoms with Gasteiger partial charge in [0.1, 0.15) is 5.15 Å². The van der Waals surface area contributed by atoms with Gasteiger partial charge in [-0.3, -0.25) is 9.80 Å². The van der Waals surface area contributed by atoms with E-state index in [1.165, 1.54) is 0 Å². The highest BCUT2D eigenvalue weighted by Crippen LogP contribution is 2.43. The van der Waals surface area contributed by atoms with Crippen molar-refractivity contribution in [3.63, 3.8) is 0 Å². The molecule has 2 aliphatic rings. The number of aliphatic hydroxyl groups excluding tert-OH is 2. The molecule has 0 unspecified atom stereocenters. The molecule has 0 bridgehead atoms. The van der Waals surface area contributed by atoms with E-state index in [2.05, 4.69) is 14.8 Å². The van der Waals surface area contributed by atoms with Crippen LogP contribution in [0.1, 0.15) is 11.1 Å². The highest BCUT2D eigenvalue weighted by molar-refractivity contribution is 6.39. The molecule has 0 radical (unpaired) electrons. The topological polar surface area (TPSA) is 82.0 Å². The quantitative estimate of drug-likeness (QED) is 0.213. The van der Waals surface area contributed by atoms with Crippen molar-refractivity contribution in [2.75, 3.05) is 33.3 Å². The first-order valence-electron chi connectivity index (χ1n) is 13.5. The first-order valence-corrected chi connectivity index (χ1v) is 15.0. The molecular formula is C31H28Cl4N4O3. The largest absolute Gasteiger partial charge is 0.481 e. The van der Waals surface area contributed by atoms with Gasteiger partial charge >= 0.3 is 0 Å². The lowest BCUT2D eigenvalue weighted by atomic mass is 9.98. The predicted octanol–water partition coefficient (Wildman–Crippen LogP) is 6.45. The zero-order valence-electron chi connectivity index (χ0n) is 22.7. The fourth-order valence-corrected chi connectivity index (χ4v) is 6.59. The molecule has 2 aromatic heterocycles. The molecular weight excluding hydrogens is 618 g/mol. The van der Waals surface area contributed by atoms with Gasteiger partial charge in [-0.1, -0.05) is 88.9 Å². The van der Waals surface area contributed by atoms with Gasteiger partial charge in [0.15, 0.2) is 0 Å². The van der Waals surface area contributed by atoms with Crippen LogP contribution in [0.3, 0.4) is 0 Å². The van der Waals surface area contributed by atoms with Crippen LogP contribution in [0, 0.1) is 0 Å². The molecule has 0 amide bonds. The summed E-state index contributed by atoms with van der Waals surface area (Å²) in [4.78, 5) is 13.5. The van der Waals surface area contributed by atoms with Gasteiger partial charge in [0, 0.05) is 72.6 Å². The number of hydrogen-bond donors (Lipinski definition) is 2. The molecule has 42 heavy (non-hydrogen) atoms. The first kappa shape index (κ1) is 29.6. The van der Waals surface area contributed by atoms with E-state index in [-0.39, 0.29) is 12.2 Å². The van der Waals surface area contributed by atoms with Crippen molar-refractivity contribution >= 4 is 46.4 Å². The van der Waals surface area contributed by atoms with Crippen LogP contribution in [-0.4, -0.2) is 75.5 Å². The minimum absolute atomic E-state index is 0.273. The Balaban J connectivity index is 1.31. The maximum absolute atomic E-state index is 9.61. The number of likely N-dealkylation sites (tertiary alicyclic amines) is 2. The van der Waals surface area contributed by atoms with Gasteiger partial charge in [0.05, 0.1) is 45.8 Å². The molecule has 0 aliphatic carbocycles. The van der Waals surface area contributed by atoms with Gasteiger partial charge in [0.25, 0.3) is 0 Å². The van der Waals surface area contributed by atoms with Crippen LogP contribution in [0.15, 0.2) is 54.6 Å². The second-order valence-corrected chi connectivity index (χ2v) is 12.2. The van der Waals surface area contributed by atoms with E-state index in [1.807, 2.05) is 48.5 Å². The summed E-state index contributed by atoms with van der Waals surface area (Å²) in [5.41, 5.74) is 5.76. The second-order valence-electron chi connectivity index (χ2n) is 10.7. The van der Waals surface area contributed by atoms with Crippen molar-refractivity contribution in [1.29, 1.82) is 0 Å². The van der Waals surface area contributed by atoms with Crippen molar-refractivity contribution in [3.05, 3.63) is 85.9 Å². The Morgan fingerprint density at radius 1 is 0.738 bits per heavy atom. The molecule has 0 saturated carbocycles. The SMILES string of the molecule is COc1nc(-c2cccc(-c3cccc(-c4cc(Cl)c(CN5CC(O)C5)c(Cl)n4)c3Cl)c2Cl)ccc1CN1CC(O)C1. The number of methoxy groups -OCH3 is 1. The minimum atomic E-state index is -0.315. The Kier molecular flexibility index (Phi) is 8.65. The van der Waals surface area contributed by atoms with Crippen molar-refractivity contribution in [2.45, 2.75) is 25.3 Å². The van der Waals surface area contributed by atoms with E-state index in [0.717, 1.165) is 22.3 Å². The van der Waals surface area contributed by atoms with Gasteiger partial charge in [0.2, 0.25) is 5.88 Å². The van der Waals surface area contributed by atoms with E-state index < -0.39 is 0 Å². The van der Waals surface area contributed by atoms with Crippen molar-refractivity contribution in [1.82, 2.24) is 19.8 Å². The van der Waals surface area contributed by atoms with E-state index in [0.29, 0.717) is 87.9 Å². The van der Waals surface area contributed by atoms with Crippen LogP contribution in [0.25, 0.3) is 33.6 Å². The average molecular weight is 646 g/mol. The average Bonchev–Trinajstić information content (AvgIpc) is 2.93. The maximum Gasteiger partial charge on any atom is 0.218 e. The number of halogens is 4. The molecule has 218 valence electrons. The summed E-state index contributed by atoms with van der Waals surface area (Å²) in [7, 11) is 1.60. The molecule has 2 aromatic carbocycles. The summed E-state index contributed by atoms with van der Waals surface area (Å²) in [6.07, 6.45) is -0.588. The third kappa shape index (κ3) is 5.85. The number of hydrogen-bond acceptors (Lipinski definition) is 7. The summed E-state index contributed by atoms with van der Waals surface area (Å²) >= 11 is 27.2. The molecule has 0 atom stereocenters. The van der Waals surface area contributed by atoms with Crippen LogP contribution >= 0.6 is 46.4 Å². The third-order valence-corrected chi connectivity index (χ3v) is 9.11. The molecule has 6 rings (SSSR count). The number of β-amino-alcohol motifs (C(OH)–C–C–N with tert-alkyl or cyclic N) is 2. The number of nitrogens with zero attached hydrogens (tertiary/aromatic N) is 4. The number of pyridine rings is 2. The number of aliphatic hydroxyl groups is 2. The summed E-state index contributed by atoms with van der Waals surface area (Å²) < 4.78 is 5.60. The molecule has 0 spiro atoms. The summed E-state index contributed by atoms with van der Waals surface area (Å²) in [6.45, 7) is 3.60. The van der Waals surface area contributed by atoms with Gasteiger partial charge < -0.3 is 14.9 Å². The Morgan fingerprint density at radius 2 is 1.29 bits per heavy atom. The van der Waals surface area contributed by atoms with Crippen molar-refractivity contribution in [3.8, 4) is 39.5 Å². The third-order valence-electron chi connectivity index (χ3n) is 7.64. The lowest BCUT2D eigenvalue weighted by Gasteiger charge is -2.36. The smallest absolute Gasteiger partial charge is 0.218 e. The first-order chi connectivity index (χ1) is 20.2. The summed E-state index contributed by atoms with van der Waals surface area (Å²) in [5, 5.41) is 21.0.